The van der Waals surface area contributed by atoms with E-state index in [2.05, 4.69) is 29.6 Å². The van der Waals surface area contributed by atoms with E-state index in [-0.39, 0.29) is 24.5 Å². The van der Waals surface area contributed by atoms with Crippen LogP contribution in [0.15, 0.2) is 78.9 Å². The first-order valence-electron chi connectivity index (χ1n) is 16.0. The third-order valence-electron chi connectivity index (χ3n) is 9.12. The number of nitrogens with one attached hydrogen (secondary N) is 1. The summed E-state index contributed by atoms with van der Waals surface area (Å²) in [5, 5.41) is 11.4. The van der Waals surface area contributed by atoms with Crippen LogP contribution >= 0.6 is 0 Å². The van der Waals surface area contributed by atoms with Crippen molar-refractivity contribution in [1.82, 2.24) is 5.32 Å². The largest absolute Gasteiger partial charge is 0.481 e. The summed E-state index contributed by atoms with van der Waals surface area (Å²) in [7, 11) is 0. The van der Waals surface area contributed by atoms with Crippen LogP contribution in [0, 0.1) is 0 Å². The monoisotopic (exact) mass is 591 g/mol. The predicted octanol–water partition coefficient (Wildman–Crippen LogP) is 8.14. The van der Waals surface area contributed by atoms with Crippen molar-refractivity contribution in [3.63, 3.8) is 0 Å². The van der Waals surface area contributed by atoms with Crippen molar-refractivity contribution in [2.24, 2.45) is 0 Å². The molecule has 44 heavy (non-hydrogen) atoms. The zero-order chi connectivity index (χ0) is 30.9. The molecule has 0 spiro atoms. The maximum atomic E-state index is 13.9. The number of rotatable bonds is 11. The topological polar surface area (TPSA) is 101 Å². The molecule has 6 nitrogen and oxygen atoms in total. The number of carbonyl (C=O) groups excluding carboxylic acids is 3. The summed E-state index contributed by atoms with van der Waals surface area (Å²) in [5.41, 5.74) is 4.74. The van der Waals surface area contributed by atoms with E-state index in [9.17, 15) is 19.2 Å². The minimum absolute atomic E-state index is 0.0162. The average molecular weight is 592 g/mol. The van der Waals surface area contributed by atoms with E-state index in [1.165, 1.54) is 81.4 Å². The lowest BCUT2D eigenvalue weighted by molar-refractivity contribution is -0.136. The highest BCUT2D eigenvalue weighted by molar-refractivity contribution is 6.32. The molecule has 2 saturated carbocycles. The Morgan fingerprint density at radius 2 is 1.07 bits per heavy atom. The number of aliphatic carboxylic acids is 1. The molecule has 228 valence electrons. The molecule has 2 aliphatic carbocycles. The SMILES string of the molecule is O=C(O)CCNC(=O)c1ccc(C(=O)/C(=C\C(=O)c2ccc(C3CCCCC3)cc2)c2ccc(C3CCCCC3)cc2)cc1. The van der Waals surface area contributed by atoms with E-state index in [0.717, 1.165) is 0 Å². The Balaban J connectivity index is 1.39. The number of carboxylic acid groups (broad SMARTS) is 1. The summed E-state index contributed by atoms with van der Waals surface area (Å²) in [6, 6.07) is 22.1. The quantitative estimate of drug-likeness (QED) is 0.173. The molecule has 0 radical (unpaired) electrons. The molecule has 2 aliphatic rings. The lowest BCUT2D eigenvalue weighted by Gasteiger charge is -2.22. The molecular weight excluding hydrogens is 550 g/mol. The smallest absolute Gasteiger partial charge is 0.305 e. The minimum Gasteiger partial charge on any atom is -0.481 e. The molecule has 0 heterocycles. The van der Waals surface area contributed by atoms with Gasteiger partial charge in [0, 0.05) is 28.8 Å². The van der Waals surface area contributed by atoms with Crippen molar-refractivity contribution < 1.29 is 24.3 Å². The van der Waals surface area contributed by atoms with Gasteiger partial charge >= 0.3 is 5.97 Å². The Morgan fingerprint density at radius 1 is 0.614 bits per heavy atom. The molecule has 2 N–H and O–H groups in total. The number of carboxylic acids is 1. The van der Waals surface area contributed by atoms with E-state index in [1.54, 1.807) is 24.3 Å². The Labute approximate surface area is 259 Å². The molecule has 3 aromatic rings. The molecule has 0 aliphatic heterocycles. The standard InChI is InChI=1S/C38H41NO5/c40-35(31-17-13-29(14-18-31)27-9-5-2-6-10-27)25-34(30-15-11-28(12-16-30)26-7-3-1-4-8-26)37(43)32-19-21-33(22-20-32)38(44)39-24-23-36(41)42/h11-22,25-27H,1-10,23-24H2,(H,39,44)(H,41,42)/b34-25-. The first kappa shape index (κ1) is 31.1. The molecule has 0 aromatic heterocycles. The number of benzene rings is 3. The summed E-state index contributed by atoms with van der Waals surface area (Å²) in [5.74, 6) is -0.863. The second-order valence-corrected chi connectivity index (χ2v) is 12.1. The van der Waals surface area contributed by atoms with E-state index in [1.807, 2.05) is 24.3 Å². The fourth-order valence-corrected chi connectivity index (χ4v) is 6.53. The maximum Gasteiger partial charge on any atom is 0.305 e. The molecule has 1 amide bonds. The molecule has 5 rings (SSSR count). The Morgan fingerprint density at radius 3 is 1.57 bits per heavy atom. The number of Topliss-reactive ketones (excluding diaryl/α,β-unsaturated/α-hetero) is 1. The van der Waals surface area contributed by atoms with Gasteiger partial charge in [-0.1, -0.05) is 99.2 Å². The van der Waals surface area contributed by atoms with Gasteiger partial charge in [0.05, 0.1) is 6.42 Å². The van der Waals surface area contributed by atoms with Gasteiger partial charge in [-0.15, -0.1) is 0 Å². The van der Waals surface area contributed by atoms with Gasteiger partial charge in [0.2, 0.25) is 0 Å². The zero-order valence-electron chi connectivity index (χ0n) is 25.2. The van der Waals surface area contributed by atoms with Gasteiger partial charge in [-0.3, -0.25) is 19.2 Å². The maximum absolute atomic E-state index is 13.9. The molecule has 0 unspecified atom stereocenters. The minimum atomic E-state index is -0.993. The number of allylic oxidation sites excluding steroid dienone is 2. The molecule has 3 aromatic carbocycles. The Bertz CT molecular complexity index is 1490. The van der Waals surface area contributed by atoms with Gasteiger partial charge in [-0.2, -0.15) is 0 Å². The van der Waals surface area contributed by atoms with Crippen LogP contribution in [-0.2, 0) is 4.79 Å². The Hall–Kier alpha value is -4.32. The van der Waals surface area contributed by atoms with Crippen LogP contribution < -0.4 is 5.32 Å². The number of hydrogen-bond acceptors (Lipinski definition) is 4. The number of ketones is 2. The van der Waals surface area contributed by atoms with Crippen molar-refractivity contribution in [3.8, 4) is 0 Å². The highest BCUT2D eigenvalue weighted by Crippen LogP contribution is 2.34. The van der Waals surface area contributed by atoms with Gasteiger partial charge in [-0.05, 0) is 72.4 Å². The van der Waals surface area contributed by atoms with Crippen molar-refractivity contribution in [2.75, 3.05) is 6.54 Å². The van der Waals surface area contributed by atoms with Gasteiger partial charge < -0.3 is 10.4 Å². The lowest BCUT2D eigenvalue weighted by atomic mass is 9.83. The molecular formula is C38H41NO5. The first-order valence-corrected chi connectivity index (χ1v) is 16.0. The van der Waals surface area contributed by atoms with Crippen molar-refractivity contribution in [3.05, 3.63) is 112 Å². The summed E-state index contributed by atoms with van der Waals surface area (Å²) < 4.78 is 0. The lowest BCUT2D eigenvalue weighted by Crippen LogP contribution is -2.26. The van der Waals surface area contributed by atoms with E-state index < -0.39 is 11.9 Å². The summed E-state index contributed by atoms with van der Waals surface area (Å²) in [6.45, 7) is 0.0162. The summed E-state index contributed by atoms with van der Waals surface area (Å²) >= 11 is 0. The first-order chi connectivity index (χ1) is 21.4. The number of hydrogen-bond donors (Lipinski definition) is 2. The molecule has 6 heteroatoms. The molecule has 0 saturated heterocycles. The molecule has 2 fully saturated rings. The van der Waals surface area contributed by atoms with Gasteiger partial charge in [0.1, 0.15) is 0 Å². The average Bonchev–Trinajstić information content (AvgIpc) is 3.07. The zero-order valence-corrected chi connectivity index (χ0v) is 25.2. The molecule has 0 bridgehead atoms. The van der Waals surface area contributed by atoms with Gasteiger partial charge in [0.15, 0.2) is 11.6 Å². The second-order valence-electron chi connectivity index (χ2n) is 12.1. The fraction of sp³-hybridized carbons (Fsp3) is 0.368. The van der Waals surface area contributed by atoms with Crippen LogP contribution in [0.1, 0.15) is 130 Å². The normalized spacial score (nSPS) is 16.3. The molecule has 0 atom stereocenters. The second kappa shape index (κ2) is 14.9. The van der Waals surface area contributed by atoms with Crippen LogP contribution in [0.5, 0.6) is 0 Å². The van der Waals surface area contributed by atoms with Gasteiger partial charge in [0.25, 0.3) is 5.91 Å². The Kier molecular flexibility index (Phi) is 10.5. The van der Waals surface area contributed by atoms with E-state index in [0.29, 0.717) is 39.7 Å². The number of carbonyl (C=O) groups is 4. The van der Waals surface area contributed by atoms with Crippen LogP contribution in [-0.4, -0.2) is 35.1 Å². The third-order valence-corrected chi connectivity index (χ3v) is 9.12. The summed E-state index contributed by atoms with van der Waals surface area (Å²) in [4.78, 5) is 50.6. The van der Waals surface area contributed by atoms with Crippen LogP contribution in [0.3, 0.4) is 0 Å². The predicted molar refractivity (Wildman–Crippen MR) is 172 cm³/mol. The highest BCUT2D eigenvalue weighted by Gasteiger charge is 2.21. The van der Waals surface area contributed by atoms with E-state index >= 15 is 0 Å². The van der Waals surface area contributed by atoms with Crippen LogP contribution in [0.25, 0.3) is 5.57 Å². The van der Waals surface area contributed by atoms with Crippen LogP contribution in [0.4, 0.5) is 0 Å². The van der Waals surface area contributed by atoms with Crippen LogP contribution in [0.2, 0.25) is 0 Å². The van der Waals surface area contributed by atoms with E-state index in [4.69, 9.17) is 5.11 Å². The third kappa shape index (κ3) is 7.98. The van der Waals surface area contributed by atoms with Crippen molar-refractivity contribution >= 4 is 29.0 Å². The fourth-order valence-electron chi connectivity index (χ4n) is 6.53. The number of amides is 1. The van der Waals surface area contributed by atoms with Crippen molar-refractivity contribution in [1.29, 1.82) is 0 Å². The van der Waals surface area contributed by atoms with Crippen molar-refractivity contribution in [2.45, 2.75) is 82.5 Å². The highest BCUT2D eigenvalue weighted by atomic mass is 16.4. The van der Waals surface area contributed by atoms with Gasteiger partial charge in [-0.25, -0.2) is 0 Å². The summed E-state index contributed by atoms with van der Waals surface area (Å²) in [6.07, 6.45) is 13.5.